The van der Waals surface area contributed by atoms with E-state index >= 15 is 0 Å². The van der Waals surface area contributed by atoms with Gasteiger partial charge in [-0.2, -0.15) is 4.31 Å². The molecule has 158 valence electrons. The van der Waals surface area contributed by atoms with Crippen molar-refractivity contribution in [3.05, 3.63) is 77.9 Å². The van der Waals surface area contributed by atoms with Gasteiger partial charge < -0.3 is 0 Å². The maximum absolute atomic E-state index is 13.2. The highest BCUT2D eigenvalue weighted by atomic mass is 32.2. The van der Waals surface area contributed by atoms with Crippen molar-refractivity contribution in [2.24, 2.45) is 0 Å². The highest BCUT2D eigenvalue weighted by Gasteiger charge is 2.39. The maximum Gasteiger partial charge on any atom is 0.280 e. The van der Waals surface area contributed by atoms with Gasteiger partial charge in [-0.15, -0.1) is 11.8 Å². The minimum absolute atomic E-state index is 0.0375. The van der Waals surface area contributed by atoms with Gasteiger partial charge in [-0.05, 0) is 12.5 Å². The van der Waals surface area contributed by atoms with Crippen LogP contribution in [-0.4, -0.2) is 39.8 Å². The van der Waals surface area contributed by atoms with Crippen LogP contribution in [0.4, 0.5) is 17.1 Å². The van der Waals surface area contributed by atoms with Gasteiger partial charge in [0.05, 0.1) is 25.0 Å². The molecule has 1 aliphatic rings. The molecule has 1 heterocycles. The molecule has 2 aromatic rings. The molecule has 0 aliphatic carbocycles. The number of rotatable bonds is 6. The van der Waals surface area contributed by atoms with Gasteiger partial charge in [0.2, 0.25) is 10.0 Å². The van der Waals surface area contributed by atoms with Gasteiger partial charge >= 0.3 is 0 Å². The van der Waals surface area contributed by atoms with E-state index in [4.69, 9.17) is 0 Å². The maximum atomic E-state index is 13.2. The Kier molecular flexibility index (Phi) is 5.74. The molecule has 0 spiro atoms. The van der Waals surface area contributed by atoms with Crippen LogP contribution in [0.25, 0.3) is 0 Å². The van der Waals surface area contributed by atoms with Crippen molar-refractivity contribution < 1.29 is 23.2 Å². The number of benzene rings is 2. The fourth-order valence-corrected chi connectivity index (χ4v) is 6.35. The van der Waals surface area contributed by atoms with Gasteiger partial charge in [-0.3, -0.25) is 30.3 Å². The molecule has 1 atom stereocenters. The molecule has 12 nitrogen and oxygen atoms in total. The third-order valence-electron chi connectivity index (χ3n) is 4.54. The lowest BCUT2D eigenvalue weighted by atomic mass is 10.1. The Morgan fingerprint density at radius 1 is 1.00 bits per heavy atom. The van der Waals surface area contributed by atoms with Crippen molar-refractivity contribution in [1.29, 1.82) is 0 Å². The van der Waals surface area contributed by atoms with E-state index in [2.05, 4.69) is 0 Å². The Bertz CT molecular complexity index is 1130. The number of nitro groups is 3. The monoisotopic (exact) mass is 454 g/mol. The second-order valence-corrected chi connectivity index (χ2v) is 9.37. The average Bonchev–Trinajstić information content (AvgIpc) is 3.18. The van der Waals surface area contributed by atoms with Gasteiger partial charge in [-0.1, -0.05) is 12.1 Å². The largest absolute Gasteiger partial charge is 0.280 e. The highest BCUT2D eigenvalue weighted by Crippen LogP contribution is 2.43. The summed E-state index contributed by atoms with van der Waals surface area (Å²) in [4.78, 5) is 30.7. The summed E-state index contributed by atoms with van der Waals surface area (Å²) in [5, 5.41) is 32.8. The first-order valence-corrected chi connectivity index (χ1v) is 10.8. The predicted octanol–water partition coefficient (Wildman–Crippen LogP) is 3.16. The number of non-ortho nitro benzene ring substituents is 1. The summed E-state index contributed by atoms with van der Waals surface area (Å²) in [6.07, 6.45) is 0. The Morgan fingerprint density at radius 2 is 1.60 bits per heavy atom. The summed E-state index contributed by atoms with van der Waals surface area (Å²) in [6, 6.07) is 7.09. The van der Waals surface area contributed by atoms with Crippen LogP contribution < -0.4 is 0 Å². The van der Waals surface area contributed by atoms with Crippen molar-refractivity contribution in [2.45, 2.75) is 17.2 Å². The third-order valence-corrected chi connectivity index (χ3v) is 7.78. The summed E-state index contributed by atoms with van der Waals surface area (Å²) in [5.41, 5.74) is -1.46. The zero-order valence-corrected chi connectivity index (χ0v) is 17.0. The zero-order chi connectivity index (χ0) is 22.2. The van der Waals surface area contributed by atoms with E-state index in [1.807, 2.05) is 0 Å². The highest BCUT2D eigenvalue weighted by molar-refractivity contribution is 8.01. The van der Waals surface area contributed by atoms with E-state index < -0.39 is 46.4 Å². The van der Waals surface area contributed by atoms with Crippen LogP contribution in [0, 0.1) is 37.3 Å². The van der Waals surface area contributed by atoms with Gasteiger partial charge in [-0.25, -0.2) is 8.42 Å². The first-order valence-electron chi connectivity index (χ1n) is 8.35. The molecule has 0 amide bonds. The topological polar surface area (TPSA) is 167 Å². The lowest BCUT2D eigenvalue weighted by Crippen LogP contribution is -2.30. The number of sulfonamides is 1. The normalized spacial score (nSPS) is 17.0. The van der Waals surface area contributed by atoms with Gasteiger partial charge in [0.15, 0.2) is 0 Å². The van der Waals surface area contributed by atoms with Gasteiger partial charge in [0.1, 0.15) is 5.56 Å². The Hall–Kier alpha value is -3.10. The molecular weight excluding hydrogens is 440 g/mol. The summed E-state index contributed by atoms with van der Waals surface area (Å²) in [6.45, 7) is 1.21. The van der Waals surface area contributed by atoms with Crippen molar-refractivity contribution in [3.63, 3.8) is 0 Å². The van der Waals surface area contributed by atoms with Crippen LogP contribution in [0.15, 0.2) is 41.3 Å². The lowest BCUT2D eigenvalue weighted by molar-refractivity contribution is -0.395. The minimum atomic E-state index is -4.36. The number of nitro benzene ring substituents is 3. The van der Waals surface area contributed by atoms with Crippen LogP contribution in [0.5, 0.6) is 0 Å². The van der Waals surface area contributed by atoms with E-state index in [1.54, 1.807) is 6.07 Å². The Labute approximate surface area is 174 Å². The van der Waals surface area contributed by atoms with E-state index in [0.29, 0.717) is 11.3 Å². The van der Waals surface area contributed by atoms with E-state index in [9.17, 15) is 38.8 Å². The molecule has 3 rings (SSSR count). The number of nitrogens with zero attached hydrogens (tertiary/aromatic N) is 4. The Morgan fingerprint density at radius 3 is 2.13 bits per heavy atom. The smallest absolute Gasteiger partial charge is 0.258 e. The Balaban J connectivity index is 2.11. The minimum Gasteiger partial charge on any atom is -0.258 e. The van der Waals surface area contributed by atoms with E-state index in [0.717, 1.165) is 16.4 Å². The molecule has 0 bridgehead atoms. The van der Waals surface area contributed by atoms with Crippen molar-refractivity contribution in [2.75, 3.05) is 12.3 Å². The quantitative estimate of drug-likeness (QED) is 0.470. The summed E-state index contributed by atoms with van der Waals surface area (Å²) in [7, 11) is -4.36. The van der Waals surface area contributed by atoms with Crippen molar-refractivity contribution in [1.82, 2.24) is 4.31 Å². The SMILES string of the molecule is Cc1c([N+](=O)[O-])cc(S(=O)(=O)N2CCSC2c2cccc([N+](=O)[O-])c2)cc1[N+](=O)[O-]. The molecule has 2 aromatic carbocycles. The first-order chi connectivity index (χ1) is 14.0. The molecule has 1 unspecified atom stereocenters. The summed E-state index contributed by atoms with van der Waals surface area (Å²) >= 11 is 1.23. The summed E-state index contributed by atoms with van der Waals surface area (Å²) in [5.74, 6) is 0.378. The third kappa shape index (κ3) is 3.83. The van der Waals surface area contributed by atoms with Crippen LogP contribution in [0.3, 0.4) is 0 Å². The van der Waals surface area contributed by atoms with E-state index in [-0.39, 0.29) is 17.8 Å². The molecule has 1 saturated heterocycles. The molecule has 14 heteroatoms. The van der Waals surface area contributed by atoms with Crippen LogP contribution in [0.2, 0.25) is 0 Å². The first kappa shape index (κ1) is 21.6. The fraction of sp³-hybridized carbons (Fsp3) is 0.250. The van der Waals surface area contributed by atoms with Gasteiger partial charge in [0.25, 0.3) is 17.1 Å². The molecule has 0 saturated carbocycles. The van der Waals surface area contributed by atoms with E-state index in [1.165, 1.54) is 36.9 Å². The number of thioether (sulfide) groups is 1. The number of hydrogen-bond acceptors (Lipinski definition) is 9. The fourth-order valence-electron chi connectivity index (χ4n) is 3.08. The molecular formula is C16H14N4O8S2. The van der Waals surface area contributed by atoms with Crippen LogP contribution in [0.1, 0.15) is 16.5 Å². The zero-order valence-electron chi connectivity index (χ0n) is 15.3. The second-order valence-electron chi connectivity index (χ2n) is 6.29. The molecule has 30 heavy (non-hydrogen) atoms. The lowest BCUT2D eigenvalue weighted by Gasteiger charge is -2.23. The van der Waals surface area contributed by atoms with Crippen molar-refractivity contribution >= 4 is 38.8 Å². The van der Waals surface area contributed by atoms with Crippen LogP contribution in [-0.2, 0) is 10.0 Å². The predicted molar refractivity (Wildman–Crippen MR) is 107 cm³/mol. The standard InChI is InChI=1S/C16H14N4O8S2/c1-10-14(19(23)24)8-13(9-15(10)20(25)26)30(27,28)17-5-6-29-16(17)11-3-2-4-12(7-11)18(21)22/h2-4,7-9,16H,5-6H2,1H3. The molecule has 0 radical (unpaired) electrons. The van der Waals surface area contributed by atoms with Gasteiger partial charge in [0, 0.05) is 36.6 Å². The number of hydrogen-bond donors (Lipinski definition) is 0. The van der Waals surface area contributed by atoms with Crippen LogP contribution >= 0.6 is 11.8 Å². The second kappa shape index (κ2) is 7.97. The summed E-state index contributed by atoms with van der Waals surface area (Å²) < 4.78 is 27.5. The molecule has 1 aliphatic heterocycles. The molecule has 1 fully saturated rings. The average molecular weight is 454 g/mol. The molecule has 0 N–H and O–H groups in total. The van der Waals surface area contributed by atoms with Crippen molar-refractivity contribution in [3.8, 4) is 0 Å². The molecule has 0 aromatic heterocycles.